The highest BCUT2D eigenvalue weighted by Crippen LogP contribution is 2.33. The van der Waals surface area contributed by atoms with Crippen LogP contribution in [0.3, 0.4) is 0 Å². The molecule has 1 aromatic carbocycles. The molecule has 106 valence electrons. The van der Waals surface area contributed by atoms with Gasteiger partial charge in [0.05, 0.1) is 14.2 Å². The molecular formula is C15H23NO3. The van der Waals surface area contributed by atoms with Gasteiger partial charge in [-0.1, -0.05) is 13.8 Å². The number of aryl methyl sites for hydroxylation is 1. The Labute approximate surface area is 115 Å². The van der Waals surface area contributed by atoms with Crippen molar-refractivity contribution in [3.63, 3.8) is 0 Å². The molecule has 0 atom stereocenters. The highest BCUT2D eigenvalue weighted by Gasteiger charge is 2.16. The topological polar surface area (TPSA) is 47.6 Å². The lowest BCUT2D eigenvalue weighted by Crippen LogP contribution is -2.22. The average molecular weight is 265 g/mol. The molecule has 0 radical (unpaired) electrons. The van der Waals surface area contributed by atoms with Crippen LogP contribution in [0.25, 0.3) is 0 Å². The molecule has 0 aromatic heterocycles. The SMILES string of the molecule is CCC(CC)C(=O)Nc1cc(OC)c(OC)cc1C. The minimum absolute atomic E-state index is 0.0486. The standard InChI is InChI=1S/C15H23NO3/c1-6-11(7-2)15(17)16-12-9-14(19-5)13(18-4)8-10(12)3/h8-9,11H,6-7H2,1-5H3,(H,16,17). The molecule has 0 bridgehead atoms. The van der Waals surface area contributed by atoms with Crippen LogP contribution in [0.1, 0.15) is 32.3 Å². The lowest BCUT2D eigenvalue weighted by molar-refractivity contribution is -0.120. The second-order valence-electron chi connectivity index (χ2n) is 4.52. The van der Waals surface area contributed by atoms with E-state index in [4.69, 9.17) is 9.47 Å². The number of rotatable bonds is 6. The van der Waals surface area contributed by atoms with Crippen molar-refractivity contribution in [1.29, 1.82) is 0 Å². The molecule has 0 aliphatic carbocycles. The van der Waals surface area contributed by atoms with Crippen molar-refractivity contribution in [2.24, 2.45) is 5.92 Å². The predicted molar refractivity (Wildman–Crippen MR) is 77.0 cm³/mol. The van der Waals surface area contributed by atoms with Crippen LogP contribution in [0.15, 0.2) is 12.1 Å². The highest BCUT2D eigenvalue weighted by atomic mass is 16.5. The molecule has 0 spiro atoms. The Morgan fingerprint density at radius 3 is 2.16 bits per heavy atom. The van der Waals surface area contributed by atoms with E-state index in [1.165, 1.54) is 0 Å². The van der Waals surface area contributed by atoms with Gasteiger partial charge in [-0.2, -0.15) is 0 Å². The number of nitrogens with one attached hydrogen (secondary N) is 1. The molecule has 0 saturated heterocycles. The number of hydrogen-bond donors (Lipinski definition) is 1. The maximum atomic E-state index is 12.1. The average Bonchev–Trinajstić information content (AvgIpc) is 2.41. The first kappa shape index (κ1) is 15.3. The monoisotopic (exact) mass is 265 g/mol. The number of ether oxygens (including phenoxy) is 2. The molecule has 0 saturated carbocycles. The molecule has 0 aliphatic rings. The lowest BCUT2D eigenvalue weighted by atomic mass is 10.0. The zero-order chi connectivity index (χ0) is 14.4. The molecule has 0 heterocycles. The Balaban J connectivity index is 2.98. The van der Waals surface area contributed by atoms with E-state index in [1.807, 2.05) is 26.8 Å². The van der Waals surface area contributed by atoms with Crippen LogP contribution in [-0.4, -0.2) is 20.1 Å². The summed E-state index contributed by atoms with van der Waals surface area (Å²) in [7, 11) is 3.18. The van der Waals surface area contributed by atoms with Gasteiger partial charge in [-0.15, -0.1) is 0 Å². The zero-order valence-electron chi connectivity index (χ0n) is 12.4. The molecule has 1 amide bonds. The van der Waals surface area contributed by atoms with Gasteiger partial charge < -0.3 is 14.8 Å². The van der Waals surface area contributed by atoms with E-state index in [2.05, 4.69) is 5.32 Å². The number of carbonyl (C=O) groups is 1. The summed E-state index contributed by atoms with van der Waals surface area (Å²) in [5.74, 6) is 1.39. The molecule has 0 aliphatic heterocycles. The number of methoxy groups -OCH3 is 2. The zero-order valence-corrected chi connectivity index (χ0v) is 12.4. The lowest BCUT2D eigenvalue weighted by Gasteiger charge is -2.16. The van der Waals surface area contributed by atoms with E-state index < -0.39 is 0 Å². The van der Waals surface area contributed by atoms with Crippen LogP contribution in [0.2, 0.25) is 0 Å². The minimum atomic E-state index is 0.0486. The first-order chi connectivity index (χ1) is 9.07. The van der Waals surface area contributed by atoms with Gasteiger partial charge in [-0.3, -0.25) is 4.79 Å². The Hall–Kier alpha value is -1.71. The van der Waals surface area contributed by atoms with Crippen molar-refractivity contribution in [3.05, 3.63) is 17.7 Å². The third-order valence-corrected chi connectivity index (χ3v) is 3.34. The van der Waals surface area contributed by atoms with Gasteiger partial charge in [0.2, 0.25) is 5.91 Å². The third kappa shape index (κ3) is 3.63. The fourth-order valence-corrected chi connectivity index (χ4v) is 2.01. The third-order valence-electron chi connectivity index (χ3n) is 3.34. The Kier molecular flexibility index (Phi) is 5.67. The van der Waals surface area contributed by atoms with E-state index >= 15 is 0 Å². The molecule has 19 heavy (non-hydrogen) atoms. The van der Waals surface area contributed by atoms with Gasteiger partial charge >= 0.3 is 0 Å². The maximum Gasteiger partial charge on any atom is 0.227 e. The Morgan fingerprint density at radius 1 is 1.16 bits per heavy atom. The first-order valence-corrected chi connectivity index (χ1v) is 6.60. The number of carbonyl (C=O) groups excluding carboxylic acids is 1. The summed E-state index contributed by atoms with van der Waals surface area (Å²) in [5, 5.41) is 2.96. The fraction of sp³-hybridized carbons (Fsp3) is 0.533. The van der Waals surface area contributed by atoms with E-state index in [0.29, 0.717) is 11.5 Å². The van der Waals surface area contributed by atoms with Crippen molar-refractivity contribution in [3.8, 4) is 11.5 Å². The van der Waals surface area contributed by atoms with Crippen LogP contribution in [-0.2, 0) is 4.79 Å². The maximum absolute atomic E-state index is 12.1. The minimum Gasteiger partial charge on any atom is -0.493 e. The predicted octanol–water partition coefficient (Wildman–Crippen LogP) is 3.39. The van der Waals surface area contributed by atoms with Gasteiger partial charge in [0, 0.05) is 17.7 Å². The van der Waals surface area contributed by atoms with Crippen LogP contribution < -0.4 is 14.8 Å². The van der Waals surface area contributed by atoms with Gasteiger partial charge in [0.15, 0.2) is 11.5 Å². The first-order valence-electron chi connectivity index (χ1n) is 6.60. The molecule has 1 aromatic rings. The van der Waals surface area contributed by atoms with E-state index in [0.717, 1.165) is 24.1 Å². The Bertz CT molecular complexity index is 439. The molecule has 1 N–H and O–H groups in total. The number of hydrogen-bond acceptors (Lipinski definition) is 3. The largest absolute Gasteiger partial charge is 0.493 e. The van der Waals surface area contributed by atoms with Gasteiger partial charge in [0.1, 0.15) is 0 Å². The van der Waals surface area contributed by atoms with E-state index in [1.54, 1.807) is 20.3 Å². The summed E-state index contributed by atoms with van der Waals surface area (Å²) in [6.07, 6.45) is 1.68. The molecule has 0 fully saturated rings. The summed E-state index contributed by atoms with van der Waals surface area (Å²) in [4.78, 5) is 12.1. The molecule has 1 rings (SSSR count). The second kappa shape index (κ2) is 7.02. The quantitative estimate of drug-likeness (QED) is 0.857. The van der Waals surface area contributed by atoms with Crippen LogP contribution in [0.5, 0.6) is 11.5 Å². The normalized spacial score (nSPS) is 10.4. The van der Waals surface area contributed by atoms with Crippen LogP contribution in [0, 0.1) is 12.8 Å². The summed E-state index contributed by atoms with van der Waals surface area (Å²) in [6.45, 7) is 5.98. The van der Waals surface area contributed by atoms with Crippen molar-refractivity contribution >= 4 is 11.6 Å². The molecule has 0 unspecified atom stereocenters. The highest BCUT2D eigenvalue weighted by molar-refractivity contribution is 5.93. The summed E-state index contributed by atoms with van der Waals surface area (Å²) in [6, 6.07) is 3.66. The van der Waals surface area contributed by atoms with Crippen molar-refractivity contribution in [2.45, 2.75) is 33.6 Å². The Morgan fingerprint density at radius 2 is 1.68 bits per heavy atom. The number of amides is 1. The van der Waals surface area contributed by atoms with Crippen molar-refractivity contribution < 1.29 is 14.3 Å². The molecular weight excluding hydrogens is 242 g/mol. The van der Waals surface area contributed by atoms with Crippen LogP contribution in [0.4, 0.5) is 5.69 Å². The second-order valence-corrected chi connectivity index (χ2v) is 4.52. The number of anilines is 1. The summed E-state index contributed by atoms with van der Waals surface area (Å²) < 4.78 is 10.5. The van der Waals surface area contributed by atoms with E-state index in [9.17, 15) is 4.79 Å². The van der Waals surface area contributed by atoms with Gasteiger partial charge in [-0.05, 0) is 31.4 Å². The van der Waals surface area contributed by atoms with Crippen molar-refractivity contribution in [2.75, 3.05) is 19.5 Å². The fourth-order valence-electron chi connectivity index (χ4n) is 2.01. The van der Waals surface area contributed by atoms with E-state index in [-0.39, 0.29) is 11.8 Å². The van der Waals surface area contributed by atoms with Gasteiger partial charge in [-0.25, -0.2) is 0 Å². The summed E-state index contributed by atoms with van der Waals surface area (Å²) >= 11 is 0. The number of benzene rings is 1. The molecule has 4 nitrogen and oxygen atoms in total. The summed E-state index contributed by atoms with van der Waals surface area (Å²) in [5.41, 5.74) is 1.73. The van der Waals surface area contributed by atoms with Gasteiger partial charge in [0.25, 0.3) is 0 Å². The van der Waals surface area contributed by atoms with Crippen molar-refractivity contribution in [1.82, 2.24) is 0 Å². The van der Waals surface area contributed by atoms with Crippen LogP contribution >= 0.6 is 0 Å². The smallest absolute Gasteiger partial charge is 0.227 e. The molecule has 4 heteroatoms.